The lowest BCUT2D eigenvalue weighted by Gasteiger charge is -2.18. The number of nitrogens with zero attached hydrogens (tertiary/aromatic N) is 2. The highest BCUT2D eigenvalue weighted by atomic mass is 19.4. The molecule has 0 spiro atoms. The van der Waals surface area contributed by atoms with E-state index in [0.29, 0.717) is 45.6 Å². The van der Waals surface area contributed by atoms with E-state index in [9.17, 15) is 41.0 Å². The summed E-state index contributed by atoms with van der Waals surface area (Å²) < 4.78 is 113. The highest BCUT2D eigenvalue weighted by Gasteiger charge is 2.33. The largest absolute Gasteiger partial charge is 0.497 e. The molecule has 0 fully saturated rings. The Bertz CT molecular complexity index is 3170. The number of carbonyl (C=O) groups excluding carboxylic acids is 1. The van der Waals surface area contributed by atoms with Crippen LogP contribution in [0.4, 0.5) is 26.3 Å². The van der Waals surface area contributed by atoms with Gasteiger partial charge in [0.15, 0.2) is 0 Å². The molecule has 6 aromatic carbocycles. The second-order valence-corrected chi connectivity index (χ2v) is 16.2. The zero-order valence-corrected chi connectivity index (χ0v) is 39.6. The first-order valence-electron chi connectivity index (χ1n) is 22.3. The van der Waals surface area contributed by atoms with Crippen LogP contribution in [0.25, 0.3) is 33.9 Å². The Morgan fingerprint density at radius 2 is 0.944 bits per heavy atom. The molecule has 0 aliphatic rings. The Labute approximate surface area is 411 Å². The van der Waals surface area contributed by atoms with Crippen molar-refractivity contribution in [2.45, 2.75) is 46.3 Å². The van der Waals surface area contributed by atoms with Crippen LogP contribution in [0.2, 0.25) is 0 Å². The number of methoxy groups -OCH3 is 2. The van der Waals surface area contributed by atoms with Crippen molar-refractivity contribution in [1.82, 2.24) is 9.13 Å². The van der Waals surface area contributed by atoms with Crippen LogP contribution in [0.3, 0.4) is 0 Å². The molecule has 0 radical (unpaired) electrons. The fourth-order valence-electron chi connectivity index (χ4n) is 7.78. The number of aromatic nitrogens is 2. The molecular formula is C56H48F6N2O8. The van der Waals surface area contributed by atoms with Crippen molar-refractivity contribution >= 4 is 11.9 Å². The minimum atomic E-state index is -4.54. The number of alkyl halides is 6. The lowest BCUT2D eigenvalue weighted by Crippen LogP contribution is -2.08. The van der Waals surface area contributed by atoms with Gasteiger partial charge in [-0.25, -0.2) is 9.59 Å². The molecule has 8 rings (SSSR count). The number of carboxylic acids is 1. The van der Waals surface area contributed by atoms with Gasteiger partial charge in [-0.1, -0.05) is 36.4 Å². The highest BCUT2D eigenvalue weighted by Crippen LogP contribution is 2.41. The molecule has 2 aromatic heterocycles. The van der Waals surface area contributed by atoms with Gasteiger partial charge >= 0.3 is 24.3 Å². The first kappa shape index (κ1) is 51.5. The number of carboxylic acid groups (broad SMARTS) is 1. The first-order chi connectivity index (χ1) is 34.4. The van der Waals surface area contributed by atoms with Gasteiger partial charge in [0, 0.05) is 33.9 Å². The maximum atomic E-state index is 13.7. The lowest BCUT2D eigenvalue weighted by atomic mass is 10.1. The van der Waals surface area contributed by atoms with Gasteiger partial charge in [-0.05, 0) is 153 Å². The Balaban J connectivity index is 0.000000212. The van der Waals surface area contributed by atoms with Crippen LogP contribution < -0.4 is 18.9 Å². The van der Waals surface area contributed by atoms with E-state index >= 15 is 0 Å². The SMILES string of the molecule is CCOC(=O)c1cccc(-n2c(C)ccc2-c2cc(C(F)(F)F)ccc2OCc2ccc(OC)cc2)c1.COc1ccc(COc2ccc(C(F)(F)F)cc2-c2ccc(C)n2-c2cccc(C(=O)O)c2)cc1. The zero-order chi connectivity index (χ0) is 51.7. The lowest BCUT2D eigenvalue weighted by molar-refractivity contribution is -0.138. The van der Waals surface area contributed by atoms with Gasteiger partial charge in [0.25, 0.3) is 0 Å². The van der Waals surface area contributed by atoms with Crippen LogP contribution in [-0.2, 0) is 30.3 Å². The summed E-state index contributed by atoms with van der Waals surface area (Å²) in [6, 6.07) is 41.2. The molecule has 0 unspecified atom stereocenters. The van der Waals surface area contributed by atoms with Crippen molar-refractivity contribution in [2.24, 2.45) is 0 Å². The Hall–Kier alpha value is -8.40. The molecule has 1 N–H and O–H groups in total. The second kappa shape index (κ2) is 22.1. The summed E-state index contributed by atoms with van der Waals surface area (Å²) in [4.78, 5) is 23.8. The third-order valence-electron chi connectivity index (χ3n) is 11.4. The number of aryl methyl sites for hydroxylation is 2. The molecule has 10 nitrogen and oxygen atoms in total. The normalized spacial score (nSPS) is 11.3. The van der Waals surface area contributed by atoms with Crippen LogP contribution in [0, 0.1) is 13.8 Å². The van der Waals surface area contributed by atoms with Gasteiger partial charge in [0.1, 0.15) is 36.2 Å². The van der Waals surface area contributed by atoms with E-state index < -0.39 is 35.4 Å². The minimum Gasteiger partial charge on any atom is -0.497 e. The fraction of sp³-hybridized carbons (Fsp3) is 0.179. The summed E-state index contributed by atoms with van der Waals surface area (Å²) in [6.07, 6.45) is -9.07. The number of esters is 1. The van der Waals surface area contributed by atoms with E-state index in [-0.39, 0.29) is 42.3 Å². The third kappa shape index (κ3) is 12.1. The zero-order valence-electron chi connectivity index (χ0n) is 39.6. The number of hydrogen-bond donors (Lipinski definition) is 1. The van der Waals surface area contributed by atoms with Crippen LogP contribution in [0.5, 0.6) is 23.0 Å². The molecule has 0 amide bonds. The topological polar surface area (TPSA) is 110 Å². The number of aromatic carboxylic acids is 1. The fourth-order valence-corrected chi connectivity index (χ4v) is 7.78. The van der Waals surface area contributed by atoms with E-state index in [1.54, 1.807) is 122 Å². The van der Waals surface area contributed by atoms with Gasteiger partial charge < -0.3 is 37.9 Å². The van der Waals surface area contributed by atoms with Crippen LogP contribution in [0.15, 0.2) is 158 Å². The van der Waals surface area contributed by atoms with Gasteiger partial charge in [-0.3, -0.25) is 0 Å². The van der Waals surface area contributed by atoms with Crippen LogP contribution in [0.1, 0.15) is 61.3 Å². The van der Waals surface area contributed by atoms with Crippen LogP contribution >= 0.6 is 0 Å². The van der Waals surface area contributed by atoms with E-state index in [2.05, 4.69) is 0 Å². The van der Waals surface area contributed by atoms with Crippen molar-refractivity contribution in [3.63, 3.8) is 0 Å². The molecule has 0 saturated heterocycles. The number of hydrogen-bond acceptors (Lipinski definition) is 7. The maximum absolute atomic E-state index is 13.7. The summed E-state index contributed by atoms with van der Waals surface area (Å²) in [7, 11) is 3.13. The molecule has 372 valence electrons. The van der Waals surface area contributed by atoms with Crippen molar-refractivity contribution in [1.29, 1.82) is 0 Å². The predicted molar refractivity (Wildman–Crippen MR) is 259 cm³/mol. The first-order valence-corrected chi connectivity index (χ1v) is 22.3. The van der Waals surface area contributed by atoms with E-state index in [1.165, 1.54) is 24.3 Å². The van der Waals surface area contributed by atoms with Crippen molar-refractivity contribution < 1.29 is 64.7 Å². The number of ether oxygens (including phenoxy) is 5. The minimum absolute atomic E-state index is 0.0709. The van der Waals surface area contributed by atoms with E-state index in [1.807, 2.05) is 31.2 Å². The third-order valence-corrected chi connectivity index (χ3v) is 11.4. The number of halogens is 6. The monoisotopic (exact) mass is 990 g/mol. The Kier molecular flexibility index (Phi) is 15.8. The predicted octanol–water partition coefficient (Wildman–Crippen LogP) is 14.0. The molecular weight excluding hydrogens is 943 g/mol. The van der Waals surface area contributed by atoms with Crippen LogP contribution in [-0.4, -0.2) is 47.0 Å². The number of carbonyl (C=O) groups is 2. The molecule has 0 saturated carbocycles. The van der Waals surface area contributed by atoms with Gasteiger partial charge in [0.05, 0.1) is 54.5 Å². The Morgan fingerprint density at radius 3 is 1.33 bits per heavy atom. The van der Waals surface area contributed by atoms with Crippen molar-refractivity contribution in [3.8, 4) is 56.9 Å². The van der Waals surface area contributed by atoms with Gasteiger partial charge in [-0.2, -0.15) is 26.3 Å². The standard InChI is InChI=1S/C29H26F3NO4.C27H22F3NO4/c1-4-36-28(34)21-6-5-7-23(16-21)33-19(2)8-14-26(33)25-17-22(29(30,31)32)11-15-27(25)37-18-20-9-12-24(35-3)13-10-20;1-17-6-12-24(31(17)21-5-3-4-19(14-21)26(32)33)23-15-20(27(28,29)30)9-13-25(23)35-16-18-7-10-22(34-2)11-8-18/h5-17H,4,18H2,1-3H3;3-15H,16H2,1-2H3,(H,32,33). The van der Waals surface area contributed by atoms with Gasteiger partial charge in [-0.15, -0.1) is 0 Å². The molecule has 2 heterocycles. The summed E-state index contributed by atoms with van der Waals surface area (Å²) >= 11 is 0. The maximum Gasteiger partial charge on any atom is 0.416 e. The summed E-state index contributed by atoms with van der Waals surface area (Å²) in [5, 5.41) is 9.38. The smallest absolute Gasteiger partial charge is 0.416 e. The average molecular weight is 991 g/mol. The molecule has 0 aliphatic carbocycles. The van der Waals surface area contributed by atoms with E-state index in [4.69, 9.17) is 23.7 Å². The molecule has 0 bridgehead atoms. The average Bonchev–Trinajstić information content (AvgIpc) is 3.96. The number of benzene rings is 6. The summed E-state index contributed by atoms with van der Waals surface area (Å²) in [6.45, 7) is 5.87. The highest BCUT2D eigenvalue weighted by molar-refractivity contribution is 5.90. The molecule has 16 heteroatoms. The van der Waals surface area contributed by atoms with Crippen molar-refractivity contribution in [2.75, 3.05) is 20.8 Å². The quantitative estimate of drug-likeness (QED) is 0.0799. The second-order valence-electron chi connectivity index (χ2n) is 16.2. The summed E-state index contributed by atoms with van der Waals surface area (Å²) in [5.41, 5.74) is 4.55. The molecule has 0 aliphatic heterocycles. The number of rotatable bonds is 15. The van der Waals surface area contributed by atoms with Crippen molar-refractivity contribution in [3.05, 3.63) is 202 Å². The van der Waals surface area contributed by atoms with Gasteiger partial charge in [0.2, 0.25) is 0 Å². The van der Waals surface area contributed by atoms with E-state index in [0.717, 1.165) is 46.8 Å². The molecule has 0 atom stereocenters. The Morgan fingerprint density at radius 1 is 0.528 bits per heavy atom. The summed E-state index contributed by atoms with van der Waals surface area (Å²) in [5.74, 6) is 0.365. The molecule has 8 aromatic rings. The molecule has 72 heavy (non-hydrogen) atoms.